The highest BCUT2D eigenvalue weighted by molar-refractivity contribution is 7.90. The summed E-state index contributed by atoms with van der Waals surface area (Å²) < 4.78 is 22.7. The minimum absolute atomic E-state index is 0.385. The van der Waals surface area contributed by atoms with E-state index in [2.05, 4.69) is 17.3 Å². The van der Waals surface area contributed by atoms with Crippen LogP contribution in [0, 0.1) is 0 Å². The van der Waals surface area contributed by atoms with Crippen LogP contribution in [0.3, 0.4) is 0 Å². The fourth-order valence-corrected chi connectivity index (χ4v) is 2.96. The van der Waals surface area contributed by atoms with Crippen LogP contribution in [0.2, 0.25) is 0 Å². The summed E-state index contributed by atoms with van der Waals surface area (Å²) in [4.78, 5) is 2.73. The lowest BCUT2D eigenvalue weighted by atomic mass is 10.1. The third kappa shape index (κ3) is 4.30. The molecule has 5 heteroatoms. The Hall–Kier alpha value is -0.910. The molecule has 1 heterocycles. The summed E-state index contributed by atoms with van der Waals surface area (Å²) in [5.74, 6) is 0. The van der Waals surface area contributed by atoms with Gasteiger partial charge in [0.05, 0.1) is 4.90 Å². The van der Waals surface area contributed by atoms with E-state index in [1.165, 1.54) is 19.1 Å². The van der Waals surface area contributed by atoms with E-state index in [0.717, 1.165) is 25.2 Å². The molecule has 0 aliphatic carbocycles. The third-order valence-corrected chi connectivity index (χ3v) is 4.79. The summed E-state index contributed by atoms with van der Waals surface area (Å²) in [6.07, 6.45) is 3.59. The van der Waals surface area contributed by atoms with Gasteiger partial charge in [0.15, 0.2) is 9.84 Å². The maximum absolute atomic E-state index is 11.4. The molecule has 1 aliphatic heterocycles. The Balaban J connectivity index is 1.87. The zero-order valence-corrected chi connectivity index (χ0v) is 12.4. The van der Waals surface area contributed by atoms with Crippen molar-refractivity contribution < 1.29 is 8.42 Å². The zero-order valence-electron chi connectivity index (χ0n) is 11.6. The quantitative estimate of drug-likeness (QED) is 0.903. The number of hydrogen-bond donors (Lipinski definition) is 1. The highest BCUT2D eigenvalue weighted by atomic mass is 32.2. The largest absolute Gasteiger partial charge is 0.310 e. The van der Waals surface area contributed by atoms with Gasteiger partial charge in [-0.2, -0.15) is 0 Å². The van der Waals surface area contributed by atoms with Gasteiger partial charge in [0.25, 0.3) is 0 Å². The molecule has 0 atom stereocenters. The molecule has 4 nitrogen and oxygen atoms in total. The molecule has 1 fully saturated rings. The number of benzene rings is 1. The Morgan fingerprint density at radius 1 is 1.21 bits per heavy atom. The second-order valence-electron chi connectivity index (χ2n) is 5.37. The van der Waals surface area contributed by atoms with E-state index in [9.17, 15) is 8.42 Å². The first kappa shape index (κ1) is 14.5. The molecule has 1 saturated heterocycles. The van der Waals surface area contributed by atoms with Crippen LogP contribution in [0.4, 0.5) is 0 Å². The predicted octanol–water partition coefficient (Wildman–Crippen LogP) is 1.27. The van der Waals surface area contributed by atoms with Crippen molar-refractivity contribution in [3.63, 3.8) is 0 Å². The second-order valence-corrected chi connectivity index (χ2v) is 7.39. The van der Waals surface area contributed by atoms with Gasteiger partial charge in [0.2, 0.25) is 0 Å². The molecule has 1 aromatic carbocycles. The van der Waals surface area contributed by atoms with Crippen LogP contribution >= 0.6 is 0 Å². The van der Waals surface area contributed by atoms with Gasteiger partial charge in [-0.25, -0.2) is 8.42 Å². The molecular weight excluding hydrogens is 260 g/mol. The van der Waals surface area contributed by atoms with Gasteiger partial charge in [-0.15, -0.1) is 0 Å². The Bertz CT molecular complexity index is 503. The van der Waals surface area contributed by atoms with Crippen LogP contribution < -0.4 is 5.32 Å². The molecule has 0 unspecified atom stereocenters. The van der Waals surface area contributed by atoms with Crippen LogP contribution in [-0.2, 0) is 16.4 Å². The van der Waals surface area contributed by atoms with E-state index >= 15 is 0 Å². The Labute approximate surface area is 115 Å². The van der Waals surface area contributed by atoms with Crippen molar-refractivity contribution in [3.8, 4) is 0 Å². The zero-order chi connectivity index (χ0) is 13.9. The summed E-state index contributed by atoms with van der Waals surface area (Å²) in [5, 5.41) is 3.54. The van der Waals surface area contributed by atoms with Crippen LogP contribution in [0.5, 0.6) is 0 Å². The van der Waals surface area contributed by atoms with Crippen LogP contribution in [0.25, 0.3) is 0 Å². The maximum Gasteiger partial charge on any atom is 0.175 e. The average molecular weight is 282 g/mol. The van der Waals surface area contributed by atoms with Crippen molar-refractivity contribution in [2.45, 2.75) is 30.3 Å². The molecule has 0 aromatic heterocycles. The topological polar surface area (TPSA) is 49.4 Å². The molecule has 0 amide bonds. The van der Waals surface area contributed by atoms with E-state index in [0.29, 0.717) is 10.9 Å². The summed E-state index contributed by atoms with van der Waals surface area (Å²) in [6.45, 7) is 3.09. The Kier molecular flexibility index (Phi) is 4.60. The lowest BCUT2D eigenvalue weighted by Crippen LogP contribution is -2.40. The van der Waals surface area contributed by atoms with Crippen LogP contribution in [0.15, 0.2) is 29.2 Å². The third-order valence-electron chi connectivity index (χ3n) is 3.66. The molecule has 106 valence electrons. The van der Waals surface area contributed by atoms with Gasteiger partial charge in [0.1, 0.15) is 0 Å². The van der Waals surface area contributed by atoms with Gasteiger partial charge in [0, 0.05) is 18.8 Å². The molecule has 0 bridgehead atoms. The SMILES string of the molecule is CN1CCC(NCc2ccc(S(C)(=O)=O)cc2)CC1. The second kappa shape index (κ2) is 6.03. The highest BCUT2D eigenvalue weighted by Crippen LogP contribution is 2.12. The molecule has 0 saturated carbocycles. The Morgan fingerprint density at radius 2 is 1.79 bits per heavy atom. The van der Waals surface area contributed by atoms with Gasteiger partial charge < -0.3 is 10.2 Å². The number of hydrogen-bond acceptors (Lipinski definition) is 4. The van der Waals surface area contributed by atoms with Gasteiger partial charge in [-0.1, -0.05) is 12.1 Å². The normalized spacial score (nSPS) is 18.6. The van der Waals surface area contributed by atoms with E-state index in [-0.39, 0.29) is 0 Å². The maximum atomic E-state index is 11.4. The number of likely N-dealkylation sites (tertiary alicyclic amines) is 1. The van der Waals surface area contributed by atoms with E-state index < -0.39 is 9.84 Å². The van der Waals surface area contributed by atoms with Crippen molar-refractivity contribution in [3.05, 3.63) is 29.8 Å². The fraction of sp³-hybridized carbons (Fsp3) is 0.571. The number of nitrogens with one attached hydrogen (secondary N) is 1. The molecule has 19 heavy (non-hydrogen) atoms. The highest BCUT2D eigenvalue weighted by Gasteiger charge is 2.15. The summed E-state index contributed by atoms with van der Waals surface area (Å²) in [7, 11) is -0.934. The lowest BCUT2D eigenvalue weighted by Gasteiger charge is -2.29. The monoisotopic (exact) mass is 282 g/mol. The van der Waals surface area contributed by atoms with Gasteiger partial charge in [-0.3, -0.25) is 0 Å². The van der Waals surface area contributed by atoms with Crippen LogP contribution in [0.1, 0.15) is 18.4 Å². The summed E-state index contributed by atoms with van der Waals surface area (Å²) in [6, 6.07) is 7.71. The minimum Gasteiger partial charge on any atom is -0.310 e. The van der Waals surface area contributed by atoms with Crippen LogP contribution in [-0.4, -0.2) is 45.8 Å². The van der Waals surface area contributed by atoms with Crippen molar-refractivity contribution in [2.75, 3.05) is 26.4 Å². The Morgan fingerprint density at radius 3 is 2.32 bits per heavy atom. The van der Waals surface area contributed by atoms with Gasteiger partial charge >= 0.3 is 0 Å². The first-order valence-electron chi connectivity index (χ1n) is 6.66. The van der Waals surface area contributed by atoms with Crippen molar-refractivity contribution in [2.24, 2.45) is 0 Å². The van der Waals surface area contributed by atoms with Crippen molar-refractivity contribution in [1.29, 1.82) is 0 Å². The fourth-order valence-electron chi connectivity index (χ4n) is 2.33. The average Bonchev–Trinajstić information content (AvgIpc) is 2.37. The smallest absolute Gasteiger partial charge is 0.175 e. The molecule has 0 radical (unpaired) electrons. The standard InChI is InChI=1S/C14H22N2O2S/c1-16-9-7-13(8-10-16)15-11-12-3-5-14(6-4-12)19(2,17)18/h3-6,13,15H,7-11H2,1-2H3. The number of sulfone groups is 1. The first-order chi connectivity index (χ1) is 8.95. The number of rotatable bonds is 4. The van der Waals surface area contributed by atoms with Gasteiger partial charge in [-0.05, 0) is 50.7 Å². The molecular formula is C14H22N2O2S. The van der Waals surface area contributed by atoms with Crippen molar-refractivity contribution >= 4 is 9.84 Å². The van der Waals surface area contributed by atoms with E-state index in [1.54, 1.807) is 12.1 Å². The van der Waals surface area contributed by atoms with Crippen molar-refractivity contribution in [1.82, 2.24) is 10.2 Å². The molecule has 1 N–H and O–H groups in total. The molecule has 0 spiro atoms. The minimum atomic E-state index is -3.09. The first-order valence-corrected chi connectivity index (χ1v) is 8.55. The number of piperidine rings is 1. The molecule has 1 aliphatic rings. The molecule has 2 rings (SSSR count). The predicted molar refractivity (Wildman–Crippen MR) is 76.9 cm³/mol. The lowest BCUT2D eigenvalue weighted by molar-refractivity contribution is 0.234. The number of nitrogens with zero attached hydrogens (tertiary/aromatic N) is 1. The molecule has 1 aromatic rings. The van der Waals surface area contributed by atoms with E-state index in [4.69, 9.17) is 0 Å². The van der Waals surface area contributed by atoms with E-state index in [1.807, 2.05) is 12.1 Å². The summed E-state index contributed by atoms with van der Waals surface area (Å²) in [5.41, 5.74) is 1.13. The summed E-state index contributed by atoms with van der Waals surface area (Å²) >= 11 is 0.